The highest BCUT2D eigenvalue weighted by Crippen LogP contribution is 2.19. The summed E-state index contributed by atoms with van der Waals surface area (Å²) >= 11 is 0. The molecular formula is C19H28N6O3. The Kier molecular flexibility index (Phi) is 6.11. The largest absolute Gasteiger partial charge is 0.339 e. The number of likely N-dealkylation sites (tertiary alicyclic amines) is 1. The topological polar surface area (TPSA) is 97.4 Å². The second-order valence-electron chi connectivity index (χ2n) is 7.39. The molecule has 1 unspecified atom stereocenters. The monoisotopic (exact) mass is 388 g/mol. The highest BCUT2D eigenvalue weighted by molar-refractivity contribution is 5.92. The fraction of sp³-hybridized carbons (Fsp3) is 0.632. The van der Waals surface area contributed by atoms with Crippen LogP contribution in [0.15, 0.2) is 16.8 Å². The SMILES string of the molecule is CCn1nccc1C(=O)N1CCC(N(CCc2noc(C(C)C)n2)C(C)=O)C1. The van der Waals surface area contributed by atoms with Gasteiger partial charge in [-0.1, -0.05) is 19.0 Å². The van der Waals surface area contributed by atoms with E-state index in [0.717, 1.165) is 6.42 Å². The van der Waals surface area contributed by atoms with Crippen LogP contribution in [-0.2, 0) is 17.8 Å². The van der Waals surface area contributed by atoms with E-state index in [1.807, 2.05) is 25.7 Å². The molecule has 0 spiro atoms. The fourth-order valence-corrected chi connectivity index (χ4v) is 3.53. The lowest BCUT2D eigenvalue weighted by molar-refractivity contribution is -0.130. The Balaban J connectivity index is 1.61. The van der Waals surface area contributed by atoms with E-state index in [1.165, 1.54) is 0 Å². The molecule has 2 aromatic heterocycles. The molecule has 1 fully saturated rings. The molecule has 2 aromatic rings. The fourth-order valence-electron chi connectivity index (χ4n) is 3.53. The summed E-state index contributed by atoms with van der Waals surface area (Å²) in [4.78, 5) is 33.0. The van der Waals surface area contributed by atoms with Gasteiger partial charge in [-0.15, -0.1) is 0 Å². The minimum atomic E-state index is -0.0369. The van der Waals surface area contributed by atoms with Crippen LogP contribution in [0.2, 0.25) is 0 Å². The Morgan fingerprint density at radius 1 is 1.39 bits per heavy atom. The van der Waals surface area contributed by atoms with E-state index in [0.29, 0.717) is 50.0 Å². The zero-order valence-electron chi connectivity index (χ0n) is 17.0. The van der Waals surface area contributed by atoms with Crippen molar-refractivity contribution in [1.82, 2.24) is 29.7 Å². The minimum Gasteiger partial charge on any atom is -0.339 e. The van der Waals surface area contributed by atoms with Crippen LogP contribution in [0.4, 0.5) is 0 Å². The van der Waals surface area contributed by atoms with Crippen molar-refractivity contribution in [2.24, 2.45) is 0 Å². The first kappa shape index (κ1) is 20.0. The zero-order valence-corrected chi connectivity index (χ0v) is 17.0. The molecule has 28 heavy (non-hydrogen) atoms. The lowest BCUT2D eigenvalue weighted by Gasteiger charge is -2.27. The molecule has 1 saturated heterocycles. The molecule has 0 aliphatic carbocycles. The number of aromatic nitrogens is 4. The molecule has 152 valence electrons. The third-order valence-corrected chi connectivity index (χ3v) is 5.09. The van der Waals surface area contributed by atoms with Crippen LogP contribution in [0.25, 0.3) is 0 Å². The van der Waals surface area contributed by atoms with Crippen LogP contribution in [0, 0.1) is 0 Å². The molecule has 3 heterocycles. The van der Waals surface area contributed by atoms with Crippen LogP contribution in [0.5, 0.6) is 0 Å². The summed E-state index contributed by atoms with van der Waals surface area (Å²) < 4.78 is 6.93. The summed E-state index contributed by atoms with van der Waals surface area (Å²) in [6.45, 7) is 9.81. The van der Waals surface area contributed by atoms with Gasteiger partial charge in [-0.25, -0.2) is 0 Å². The Bertz CT molecular complexity index is 827. The molecular weight excluding hydrogens is 360 g/mol. The van der Waals surface area contributed by atoms with Gasteiger partial charge in [0, 0.05) is 51.6 Å². The number of nitrogens with zero attached hydrogens (tertiary/aromatic N) is 6. The molecule has 0 aromatic carbocycles. The molecule has 1 aliphatic heterocycles. The standard InChI is InChI=1S/C19H28N6O3/c1-5-25-16(6-9-20-25)19(27)23-10-7-15(12-23)24(14(4)26)11-8-17-21-18(13(2)3)28-22-17/h6,9,13,15H,5,7-8,10-12H2,1-4H3. The summed E-state index contributed by atoms with van der Waals surface area (Å²) in [5.41, 5.74) is 0.588. The van der Waals surface area contributed by atoms with Crippen LogP contribution in [-0.4, -0.2) is 67.2 Å². The van der Waals surface area contributed by atoms with Gasteiger partial charge in [-0.3, -0.25) is 14.3 Å². The first-order valence-corrected chi connectivity index (χ1v) is 9.81. The first-order chi connectivity index (χ1) is 13.4. The van der Waals surface area contributed by atoms with Gasteiger partial charge in [0.05, 0.1) is 6.04 Å². The van der Waals surface area contributed by atoms with E-state index in [-0.39, 0.29) is 23.8 Å². The molecule has 1 aliphatic rings. The van der Waals surface area contributed by atoms with Crippen LogP contribution >= 0.6 is 0 Å². The number of carbonyl (C=O) groups excluding carboxylic acids is 2. The van der Waals surface area contributed by atoms with Crippen molar-refractivity contribution in [3.8, 4) is 0 Å². The molecule has 0 saturated carbocycles. The van der Waals surface area contributed by atoms with E-state index in [1.54, 1.807) is 28.8 Å². The normalized spacial score (nSPS) is 16.8. The van der Waals surface area contributed by atoms with Gasteiger partial charge in [0.1, 0.15) is 5.69 Å². The van der Waals surface area contributed by atoms with Crippen LogP contribution in [0.1, 0.15) is 62.2 Å². The average molecular weight is 388 g/mol. The van der Waals surface area contributed by atoms with Crippen LogP contribution < -0.4 is 0 Å². The van der Waals surface area contributed by atoms with E-state index in [9.17, 15) is 9.59 Å². The Morgan fingerprint density at radius 2 is 2.18 bits per heavy atom. The molecule has 1 atom stereocenters. The summed E-state index contributed by atoms with van der Waals surface area (Å²) in [5, 5.41) is 8.16. The van der Waals surface area contributed by atoms with E-state index >= 15 is 0 Å². The number of carbonyl (C=O) groups is 2. The lowest BCUT2D eigenvalue weighted by atomic mass is 10.2. The lowest BCUT2D eigenvalue weighted by Crippen LogP contribution is -2.43. The predicted molar refractivity (Wildman–Crippen MR) is 102 cm³/mol. The van der Waals surface area contributed by atoms with Gasteiger partial charge < -0.3 is 14.3 Å². The van der Waals surface area contributed by atoms with Crippen molar-refractivity contribution >= 4 is 11.8 Å². The molecule has 0 N–H and O–H groups in total. The number of aryl methyl sites for hydroxylation is 1. The summed E-state index contributed by atoms with van der Waals surface area (Å²) in [6.07, 6.45) is 2.93. The van der Waals surface area contributed by atoms with Gasteiger partial charge in [-0.2, -0.15) is 10.1 Å². The Morgan fingerprint density at radius 3 is 2.82 bits per heavy atom. The van der Waals surface area contributed by atoms with Gasteiger partial charge in [0.25, 0.3) is 5.91 Å². The van der Waals surface area contributed by atoms with Gasteiger partial charge in [0.15, 0.2) is 5.82 Å². The summed E-state index contributed by atoms with van der Waals surface area (Å²) in [5.74, 6) is 1.34. The maximum Gasteiger partial charge on any atom is 0.272 e. The van der Waals surface area contributed by atoms with Crippen molar-refractivity contribution in [3.05, 3.63) is 29.7 Å². The highest BCUT2D eigenvalue weighted by atomic mass is 16.5. The van der Waals surface area contributed by atoms with Crippen molar-refractivity contribution in [1.29, 1.82) is 0 Å². The van der Waals surface area contributed by atoms with Crippen molar-refractivity contribution < 1.29 is 14.1 Å². The van der Waals surface area contributed by atoms with Gasteiger partial charge in [-0.05, 0) is 19.4 Å². The minimum absolute atomic E-state index is 0.00378. The predicted octanol–water partition coefficient (Wildman–Crippen LogP) is 1.72. The molecule has 2 amide bonds. The molecule has 0 radical (unpaired) electrons. The van der Waals surface area contributed by atoms with Gasteiger partial charge in [0.2, 0.25) is 11.8 Å². The quantitative estimate of drug-likeness (QED) is 0.716. The third-order valence-electron chi connectivity index (χ3n) is 5.09. The molecule has 0 bridgehead atoms. The number of amides is 2. The summed E-state index contributed by atoms with van der Waals surface area (Å²) in [6, 6.07) is 1.74. The van der Waals surface area contributed by atoms with Crippen molar-refractivity contribution in [3.63, 3.8) is 0 Å². The highest BCUT2D eigenvalue weighted by Gasteiger charge is 2.33. The third kappa shape index (κ3) is 4.23. The second-order valence-corrected chi connectivity index (χ2v) is 7.39. The maximum atomic E-state index is 12.8. The maximum absolute atomic E-state index is 12.8. The van der Waals surface area contributed by atoms with Crippen molar-refractivity contribution in [2.75, 3.05) is 19.6 Å². The Labute approximate surface area is 164 Å². The smallest absolute Gasteiger partial charge is 0.272 e. The zero-order chi connectivity index (χ0) is 20.3. The van der Waals surface area contributed by atoms with Crippen LogP contribution in [0.3, 0.4) is 0 Å². The van der Waals surface area contributed by atoms with E-state index in [4.69, 9.17) is 4.52 Å². The number of rotatable bonds is 7. The summed E-state index contributed by atoms with van der Waals surface area (Å²) in [7, 11) is 0. The Hall–Kier alpha value is -2.71. The molecule has 3 rings (SSSR count). The van der Waals surface area contributed by atoms with Crippen molar-refractivity contribution in [2.45, 2.75) is 59.0 Å². The first-order valence-electron chi connectivity index (χ1n) is 9.81. The second kappa shape index (κ2) is 8.53. The number of hydrogen-bond donors (Lipinski definition) is 0. The average Bonchev–Trinajstić information content (AvgIpc) is 3.41. The van der Waals surface area contributed by atoms with Gasteiger partial charge >= 0.3 is 0 Å². The molecule has 9 heteroatoms. The van der Waals surface area contributed by atoms with E-state index < -0.39 is 0 Å². The number of hydrogen-bond acceptors (Lipinski definition) is 6. The molecule has 9 nitrogen and oxygen atoms in total. The van der Waals surface area contributed by atoms with E-state index in [2.05, 4.69) is 15.2 Å².